The molecule has 2 N–H and O–H groups in total. The van der Waals surface area contributed by atoms with E-state index in [0.29, 0.717) is 5.25 Å². The quantitative estimate of drug-likeness (QED) is 0.915. The average molecular weight is 276 g/mol. The molecule has 0 aliphatic carbocycles. The van der Waals surface area contributed by atoms with E-state index in [4.69, 9.17) is 5.73 Å². The van der Waals surface area contributed by atoms with Crippen LogP contribution >= 0.6 is 23.5 Å². The van der Waals surface area contributed by atoms with Crippen LogP contribution in [0.5, 0.6) is 0 Å². The van der Waals surface area contributed by atoms with Gasteiger partial charge < -0.3 is 5.73 Å². The van der Waals surface area contributed by atoms with Crippen molar-refractivity contribution in [3.63, 3.8) is 0 Å². The minimum Gasteiger partial charge on any atom is -0.323 e. The summed E-state index contributed by atoms with van der Waals surface area (Å²) in [6.07, 6.45) is 3.76. The molecule has 1 aliphatic heterocycles. The van der Waals surface area contributed by atoms with Crippen LogP contribution in [-0.2, 0) is 0 Å². The van der Waals surface area contributed by atoms with E-state index in [1.807, 2.05) is 35.9 Å². The highest BCUT2D eigenvalue weighted by molar-refractivity contribution is 8.06. The van der Waals surface area contributed by atoms with Crippen molar-refractivity contribution >= 4 is 34.3 Å². The molecular formula is C14H16N2S2. The van der Waals surface area contributed by atoms with E-state index in [1.165, 1.54) is 27.8 Å². The van der Waals surface area contributed by atoms with Crippen molar-refractivity contribution in [3.05, 3.63) is 42.2 Å². The maximum absolute atomic E-state index is 6.48. The molecule has 3 rings (SSSR count). The molecular weight excluding hydrogens is 260 g/mol. The fourth-order valence-corrected chi connectivity index (χ4v) is 5.14. The van der Waals surface area contributed by atoms with Crippen molar-refractivity contribution in [3.8, 4) is 0 Å². The van der Waals surface area contributed by atoms with Gasteiger partial charge in [0.1, 0.15) is 0 Å². The Balaban J connectivity index is 1.97. The summed E-state index contributed by atoms with van der Waals surface area (Å²) in [5.41, 5.74) is 7.74. The Kier molecular flexibility index (Phi) is 3.77. The zero-order chi connectivity index (χ0) is 12.4. The van der Waals surface area contributed by atoms with Gasteiger partial charge in [0.05, 0.1) is 0 Å². The molecule has 2 nitrogen and oxygen atoms in total. The van der Waals surface area contributed by atoms with Gasteiger partial charge in [0.2, 0.25) is 0 Å². The second-order valence-electron chi connectivity index (χ2n) is 4.45. The maximum atomic E-state index is 6.48. The van der Waals surface area contributed by atoms with Gasteiger partial charge in [-0.05, 0) is 17.0 Å². The summed E-state index contributed by atoms with van der Waals surface area (Å²) < 4.78 is 0. The predicted molar refractivity (Wildman–Crippen MR) is 82.2 cm³/mol. The van der Waals surface area contributed by atoms with Crippen LogP contribution in [-0.4, -0.2) is 27.5 Å². The predicted octanol–water partition coefficient (Wildman–Crippen LogP) is 3.08. The number of rotatable bonds is 2. The number of aromatic nitrogens is 1. The third-order valence-corrected chi connectivity index (χ3v) is 6.20. The molecule has 2 unspecified atom stereocenters. The molecule has 2 aromatic rings. The first-order chi connectivity index (χ1) is 8.86. The standard InChI is InChI=1S/C14H16N2S2/c15-14(13-9-17-6-7-18-13)12-3-1-2-10-8-16-5-4-11(10)12/h1-5,8,13-14H,6-7,9,15H2. The first-order valence-corrected chi connectivity index (χ1v) is 8.34. The smallest absolute Gasteiger partial charge is 0.0429 e. The molecule has 1 fully saturated rings. The average Bonchev–Trinajstić information content (AvgIpc) is 2.47. The molecule has 4 heteroatoms. The van der Waals surface area contributed by atoms with Crippen LogP contribution < -0.4 is 5.73 Å². The Bertz CT molecular complexity index is 533. The lowest BCUT2D eigenvalue weighted by molar-refractivity contribution is 0.725. The molecule has 0 radical (unpaired) electrons. The largest absolute Gasteiger partial charge is 0.323 e. The number of thioether (sulfide) groups is 2. The van der Waals surface area contributed by atoms with Gasteiger partial charge in [-0.2, -0.15) is 23.5 Å². The molecule has 18 heavy (non-hydrogen) atoms. The molecule has 1 saturated heterocycles. The van der Waals surface area contributed by atoms with Crippen LogP contribution in [0.1, 0.15) is 11.6 Å². The fraction of sp³-hybridized carbons (Fsp3) is 0.357. The Hall–Kier alpha value is -0.710. The number of nitrogens with zero attached hydrogens (tertiary/aromatic N) is 1. The molecule has 0 amide bonds. The van der Waals surface area contributed by atoms with Crippen LogP contribution in [0.3, 0.4) is 0 Å². The fourth-order valence-electron chi connectivity index (χ4n) is 2.35. The zero-order valence-electron chi connectivity index (χ0n) is 10.1. The van der Waals surface area contributed by atoms with Gasteiger partial charge in [0, 0.05) is 46.3 Å². The lowest BCUT2D eigenvalue weighted by Gasteiger charge is -2.27. The van der Waals surface area contributed by atoms with E-state index in [1.54, 1.807) is 0 Å². The van der Waals surface area contributed by atoms with Gasteiger partial charge >= 0.3 is 0 Å². The van der Waals surface area contributed by atoms with Gasteiger partial charge in [0.15, 0.2) is 0 Å². The van der Waals surface area contributed by atoms with Crippen molar-refractivity contribution in [2.45, 2.75) is 11.3 Å². The van der Waals surface area contributed by atoms with E-state index in [0.717, 1.165) is 5.75 Å². The van der Waals surface area contributed by atoms with Gasteiger partial charge in [0.25, 0.3) is 0 Å². The summed E-state index contributed by atoms with van der Waals surface area (Å²) in [6, 6.07) is 8.54. The first-order valence-electron chi connectivity index (χ1n) is 6.14. The van der Waals surface area contributed by atoms with E-state index in [-0.39, 0.29) is 6.04 Å². The summed E-state index contributed by atoms with van der Waals surface area (Å²) in [7, 11) is 0. The lowest BCUT2D eigenvalue weighted by atomic mass is 9.99. The van der Waals surface area contributed by atoms with Crippen molar-refractivity contribution < 1.29 is 0 Å². The van der Waals surface area contributed by atoms with Gasteiger partial charge in [-0.25, -0.2) is 0 Å². The Morgan fingerprint density at radius 2 is 2.22 bits per heavy atom. The molecule has 1 aromatic heterocycles. The highest BCUT2D eigenvalue weighted by atomic mass is 32.2. The summed E-state index contributed by atoms with van der Waals surface area (Å²) in [4.78, 5) is 4.18. The van der Waals surface area contributed by atoms with Crippen LogP contribution in [0.15, 0.2) is 36.7 Å². The van der Waals surface area contributed by atoms with Gasteiger partial charge in [-0.1, -0.05) is 18.2 Å². The Morgan fingerprint density at radius 1 is 1.28 bits per heavy atom. The monoisotopic (exact) mass is 276 g/mol. The van der Waals surface area contributed by atoms with Crippen LogP contribution in [0, 0.1) is 0 Å². The molecule has 0 spiro atoms. The van der Waals surface area contributed by atoms with E-state index in [2.05, 4.69) is 29.2 Å². The molecule has 2 heterocycles. The lowest BCUT2D eigenvalue weighted by Crippen LogP contribution is -2.28. The second-order valence-corrected chi connectivity index (χ2v) is 6.95. The SMILES string of the molecule is NC(c1cccc2cnccc12)C1CSCCS1. The minimum absolute atomic E-state index is 0.119. The third kappa shape index (κ3) is 2.37. The molecule has 0 bridgehead atoms. The second kappa shape index (κ2) is 5.51. The number of fused-ring (bicyclic) bond motifs is 1. The summed E-state index contributed by atoms with van der Waals surface area (Å²) in [5, 5.41) is 2.96. The number of hydrogen-bond acceptors (Lipinski definition) is 4. The third-order valence-electron chi connectivity index (χ3n) is 3.32. The van der Waals surface area contributed by atoms with Crippen LogP contribution in [0.2, 0.25) is 0 Å². The van der Waals surface area contributed by atoms with Crippen molar-refractivity contribution in [1.82, 2.24) is 4.98 Å². The molecule has 2 atom stereocenters. The normalized spacial score (nSPS) is 21.9. The van der Waals surface area contributed by atoms with E-state index >= 15 is 0 Å². The molecule has 1 aliphatic rings. The van der Waals surface area contributed by atoms with Crippen LogP contribution in [0.25, 0.3) is 10.8 Å². The molecule has 94 valence electrons. The number of hydrogen-bond donors (Lipinski definition) is 1. The van der Waals surface area contributed by atoms with Crippen molar-refractivity contribution in [1.29, 1.82) is 0 Å². The Morgan fingerprint density at radius 3 is 3.06 bits per heavy atom. The van der Waals surface area contributed by atoms with Crippen molar-refractivity contribution in [2.24, 2.45) is 5.73 Å². The highest BCUT2D eigenvalue weighted by Crippen LogP contribution is 2.34. The minimum atomic E-state index is 0.119. The van der Waals surface area contributed by atoms with Crippen molar-refractivity contribution in [2.75, 3.05) is 17.3 Å². The van der Waals surface area contributed by atoms with E-state index in [9.17, 15) is 0 Å². The van der Waals surface area contributed by atoms with Gasteiger partial charge in [-0.3, -0.25) is 4.98 Å². The Labute approximate surface area is 116 Å². The molecule has 1 aromatic carbocycles. The first kappa shape index (κ1) is 12.3. The van der Waals surface area contributed by atoms with Gasteiger partial charge in [-0.15, -0.1) is 0 Å². The number of nitrogens with two attached hydrogens (primary N) is 1. The van der Waals surface area contributed by atoms with Crippen LogP contribution in [0.4, 0.5) is 0 Å². The van der Waals surface area contributed by atoms with E-state index < -0.39 is 0 Å². The number of pyridine rings is 1. The summed E-state index contributed by atoms with van der Waals surface area (Å²) in [6.45, 7) is 0. The summed E-state index contributed by atoms with van der Waals surface area (Å²) >= 11 is 4.03. The number of benzene rings is 1. The topological polar surface area (TPSA) is 38.9 Å². The zero-order valence-corrected chi connectivity index (χ0v) is 11.7. The summed E-state index contributed by atoms with van der Waals surface area (Å²) in [5.74, 6) is 3.63. The highest BCUT2D eigenvalue weighted by Gasteiger charge is 2.23. The molecule has 0 saturated carbocycles. The maximum Gasteiger partial charge on any atom is 0.0429 e.